The summed E-state index contributed by atoms with van der Waals surface area (Å²) in [7, 11) is 2.88. The molecule has 0 spiro atoms. The first-order valence-electron chi connectivity index (χ1n) is 9.03. The Morgan fingerprint density at radius 3 is 2.39 bits per heavy atom. The lowest BCUT2D eigenvalue weighted by molar-refractivity contribution is -0.144. The number of aryl methyl sites for hydroxylation is 2. The Morgan fingerprint density at radius 2 is 1.82 bits per heavy atom. The Bertz CT molecular complexity index is 1030. The number of aromatic nitrogens is 4. The van der Waals surface area contributed by atoms with Crippen molar-refractivity contribution in [1.29, 1.82) is 0 Å². The van der Waals surface area contributed by atoms with Crippen molar-refractivity contribution in [2.24, 2.45) is 14.1 Å². The van der Waals surface area contributed by atoms with E-state index in [4.69, 9.17) is 4.74 Å². The van der Waals surface area contributed by atoms with Crippen LogP contribution in [-0.2, 0) is 34.8 Å². The van der Waals surface area contributed by atoms with Gasteiger partial charge < -0.3 is 4.74 Å². The highest BCUT2D eigenvalue weighted by atomic mass is 32.2. The molecule has 0 bridgehead atoms. The van der Waals surface area contributed by atoms with Crippen LogP contribution in [0.3, 0.4) is 0 Å². The van der Waals surface area contributed by atoms with E-state index in [-0.39, 0.29) is 22.7 Å². The zero-order valence-electron chi connectivity index (χ0n) is 16.6. The summed E-state index contributed by atoms with van der Waals surface area (Å²) in [6, 6.07) is 0. The van der Waals surface area contributed by atoms with Crippen LogP contribution in [0.5, 0.6) is 0 Å². The lowest BCUT2D eigenvalue weighted by atomic mass is 10.2. The van der Waals surface area contributed by atoms with Crippen LogP contribution in [0.2, 0.25) is 0 Å². The highest BCUT2D eigenvalue weighted by molar-refractivity contribution is 8.01. The SMILES string of the molecule is CCCCc1nc(S[C@H](C(C)=O)C(=O)OCC)c2c(=O)n(C)c(=O)n(C)c2n1. The molecule has 152 valence electrons. The summed E-state index contributed by atoms with van der Waals surface area (Å²) in [4.78, 5) is 58.1. The van der Waals surface area contributed by atoms with E-state index in [0.29, 0.717) is 12.2 Å². The van der Waals surface area contributed by atoms with Crippen molar-refractivity contribution < 1.29 is 14.3 Å². The molecule has 2 aromatic rings. The van der Waals surface area contributed by atoms with Gasteiger partial charge >= 0.3 is 11.7 Å². The van der Waals surface area contributed by atoms with Crippen molar-refractivity contribution in [3.63, 3.8) is 0 Å². The van der Waals surface area contributed by atoms with Crippen molar-refractivity contribution in [2.45, 2.75) is 50.3 Å². The van der Waals surface area contributed by atoms with Crippen LogP contribution in [-0.4, -0.2) is 42.7 Å². The molecule has 2 aromatic heterocycles. The fourth-order valence-corrected chi connectivity index (χ4v) is 3.64. The maximum absolute atomic E-state index is 12.7. The molecule has 0 unspecified atom stereocenters. The van der Waals surface area contributed by atoms with E-state index in [0.717, 1.165) is 29.2 Å². The van der Waals surface area contributed by atoms with Gasteiger partial charge in [-0.2, -0.15) is 0 Å². The van der Waals surface area contributed by atoms with Crippen LogP contribution in [0, 0.1) is 0 Å². The smallest absolute Gasteiger partial charge is 0.332 e. The molecule has 0 saturated carbocycles. The van der Waals surface area contributed by atoms with Gasteiger partial charge in [-0.25, -0.2) is 14.8 Å². The highest BCUT2D eigenvalue weighted by Crippen LogP contribution is 2.28. The van der Waals surface area contributed by atoms with Gasteiger partial charge in [-0.3, -0.25) is 23.5 Å². The van der Waals surface area contributed by atoms with E-state index in [9.17, 15) is 19.2 Å². The summed E-state index contributed by atoms with van der Waals surface area (Å²) in [5, 5.41) is -0.857. The number of hydrogen-bond acceptors (Lipinski definition) is 8. The molecule has 28 heavy (non-hydrogen) atoms. The van der Waals surface area contributed by atoms with Gasteiger partial charge in [0.05, 0.1) is 6.61 Å². The van der Waals surface area contributed by atoms with E-state index in [1.807, 2.05) is 6.92 Å². The Labute approximate surface area is 166 Å². The Balaban J connectivity index is 2.74. The lowest BCUT2D eigenvalue weighted by Crippen LogP contribution is -2.38. The fraction of sp³-hybridized carbons (Fsp3) is 0.556. The van der Waals surface area contributed by atoms with E-state index < -0.39 is 28.3 Å². The number of hydrogen-bond donors (Lipinski definition) is 0. The molecule has 0 aromatic carbocycles. The third-order valence-corrected chi connectivity index (χ3v) is 5.45. The molecule has 0 aliphatic carbocycles. The van der Waals surface area contributed by atoms with Crippen LogP contribution in [0.1, 0.15) is 39.4 Å². The summed E-state index contributed by atoms with van der Waals surface area (Å²) < 4.78 is 7.20. The summed E-state index contributed by atoms with van der Waals surface area (Å²) in [5.74, 6) is -0.651. The second-order valence-electron chi connectivity index (χ2n) is 6.31. The number of carbonyl (C=O) groups excluding carboxylic acids is 2. The van der Waals surface area contributed by atoms with Gasteiger partial charge in [0.1, 0.15) is 16.2 Å². The third-order valence-electron chi connectivity index (χ3n) is 4.17. The molecule has 0 amide bonds. The fourth-order valence-electron chi connectivity index (χ4n) is 2.63. The second-order valence-corrected chi connectivity index (χ2v) is 7.41. The first-order valence-corrected chi connectivity index (χ1v) is 9.91. The van der Waals surface area contributed by atoms with Crippen molar-refractivity contribution in [1.82, 2.24) is 19.1 Å². The molecule has 2 rings (SSSR count). The number of fused-ring (bicyclic) bond motifs is 1. The molecule has 0 aliphatic rings. The first-order chi connectivity index (χ1) is 13.2. The van der Waals surface area contributed by atoms with Crippen LogP contribution >= 0.6 is 11.8 Å². The van der Waals surface area contributed by atoms with E-state index in [1.165, 1.54) is 25.6 Å². The highest BCUT2D eigenvalue weighted by Gasteiger charge is 2.29. The number of nitrogens with zero attached hydrogens (tertiary/aromatic N) is 4. The van der Waals surface area contributed by atoms with Crippen LogP contribution < -0.4 is 11.2 Å². The van der Waals surface area contributed by atoms with Crippen molar-refractivity contribution in [3.05, 3.63) is 26.7 Å². The molecule has 9 nitrogen and oxygen atoms in total. The third kappa shape index (κ3) is 4.32. The Morgan fingerprint density at radius 1 is 1.14 bits per heavy atom. The van der Waals surface area contributed by atoms with Gasteiger partial charge in [0, 0.05) is 20.5 Å². The number of unbranched alkanes of at least 4 members (excludes halogenated alkanes) is 1. The first kappa shape index (κ1) is 21.8. The van der Waals surface area contributed by atoms with Crippen LogP contribution in [0.15, 0.2) is 14.6 Å². The maximum atomic E-state index is 12.7. The summed E-state index contributed by atoms with van der Waals surface area (Å²) in [6.07, 6.45) is 2.29. The topological polar surface area (TPSA) is 113 Å². The standard InChI is InChI=1S/C18H24N4O5S/c1-6-8-9-11-19-14-12(16(24)22(5)18(26)21(14)4)15(20-11)28-13(10(3)23)17(25)27-7-2/h13H,6-9H2,1-5H3/t13-/m1/s1. The van der Waals surface area contributed by atoms with Gasteiger partial charge in [0.25, 0.3) is 5.56 Å². The number of ether oxygens (including phenoxy) is 1. The molecule has 0 fully saturated rings. The number of esters is 1. The van der Waals surface area contributed by atoms with Crippen molar-refractivity contribution in [3.8, 4) is 0 Å². The van der Waals surface area contributed by atoms with Crippen molar-refractivity contribution in [2.75, 3.05) is 6.61 Å². The molecule has 0 aliphatic heterocycles. The largest absolute Gasteiger partial charge is 0.465 e. The number of Topliss-reactive ketones (excluding diaryl/α,β-unsaturated/α-hetero) is 1. The summed E-state index contributed by atoms with van der Waals surface area (Å²) in [5.41, 5.74) is -0.904. The summed E-state index contributed by atoms with van der Waals surface area (Å²) >= 11 is 0.856. The van der Waals surface area contributed by atoms with E-state index in [1.54, 1.807) is 6.92 Å². The molecule has 0 N–H and O–H groups in total. The van der Waals surface area contributed by atoms with Gasteiger partial charge in [0.15, 0.2) is 16.7 Å². The number of carbonyl (C=O) groups is 2. The molecule has 1 atom stereocenters. The molecule has 0 saturated heterocycles. The normalized spacial score (nSPS) is 12.2. The van der Waals surface area contributed by atoms with Crippen molar-refractivity contribution >= 4 is 34.5 Å². The van der Waals surface area contributed by atoms with Gasteiger partial charge in [0.2, 0.25) is 0 Å². The van der Waals surface area contributed by atoms with Gasteiger partial charge in [-0.15, -0.1) is 0 Å². The van der Waals surface area contributed by atoms with E-state index >= 15 is 0 Å². The van der Waals surface area contributed by atoms with Gasteiger partial charge in [-0.05, 0) is 20.3 Å². The molecular weight excluding hydrogens is 384 g/mol. The monoisotopic (exact) mass is 408 g/mol. The molecule has 0 radical (unpaired) electrons. The predicted molar refractivity (Wildman–Crippen MR) is 106 cm³/mol. The molecular formula is C18H24N4O5S. The average Bonchev–Trinajstić information content (AvgIpc) is 2.66. The number of rotatable bonds is 8. The zero-order valence-corrected chi connectivity index (χ0v) is 17.5. The minimum absolute atomic E-state index is 0.102. The average molecular weight is 408 g/mol. The Hall–Kier alpha value is -2.49. The molecule has 10 heteroatoms. The van der Waals surface area contributed by atoms with E-state index in [2.05, 4.69) is 9.97 Å². The minimum atomic E-state index is -1.15. The molecule has 2 heterocycles. The minimum Gasteiger partial charge on any atom is -0.465 e. The number of thioether (sulfide) groups is 1. The van der Waals surface area contributed by atoms with Crippen LogP contribution in [0.25, 0.3) is 11.0 Å². The maximum Gasteiger partial charge on any atom is 0.332 e. The lowest BCUT2D eigenvalue weighted by Gasteiger charge is -2.15. The van der Waals surface area contributed by atoms with Crippen LogP contribution in [0.4, 0.5) is 0 Å². The number of ketones is 1. The Kier molecular flexibility index (Phi) is 7.11. The van der Waals surface area contributed by atoms with Gasteiger partial charge in [-0.1, -0.05) is 25.1 Å². The summed E-state index contributed by atoms with van der Waals surface area (Å²) in [6.45, 7) is 5.08. The zero-order chi connectivity index (χ0) is 21.0. The quantitative estimate of drug-likeness (QED) is 0.275. The predicted octanol–water partition coefficient (Wildman–Crippen LogP) is 0.983. The second kappa shape index (κ2) is 9.13.